The number of carbonyl (C=O) groups is 1. The van der Waals surface area contributed by atoms with Gasteiger partial charge < -0.3 is 25.0 Å². The van der Waals surface area contributed by atoms with Gasteiger partial charge in [0.2, 0.25) is 6.79 Å². The zero-order valence-corrected chi connectivity index (χ0v) is 14.1. The van der Waals surface area contributed by atoms with E-state index in [0.717, 1.165) is 47.1 Å². The molecule has 1 aromatic carbocycles. The third-order valence-electron chi connectivity index (χ3n) is 4.86. The first-order valence-electron chi connectivity index (χ1n) is 8.12. The largest absolute Gasteiger partial charge is 0.454 e. The van der Waals surface area contributed by atoms with Crippen LogP contribution < -0.4 is 25.0 Å². The van der Waals surface area contributed by atoms with Crippen LogP contribution in [0.1, 0.15) is 32.5 Å². The van der Waals surface area contributed by atoms with Gasteiger partial charge in [-0.15, -0.1) is 11.3 Å². The molecule has 6 nitrogen and oxygen atoms in total. The number of fused-ring (bicyclic) bond motifs is 4. The molecule has 0 aliphatic carbocycles. The Balaban J connectivity index is 1.50. The summed E-state index contributed by atoms with van der Waals surface area (Å²) in [6, 6.07) is 5.78. The summed E-state index contributed by atoms with van der Waals surface area (Å²) < 4.78 is 10.8. The van der Waals surface area contributed by atoms with E-state index < -0.39 is 0 Å². The van der Waals surface area contributed by atoms with Crippen molar-refractivity contribution in [2.75, 3.05) is 25.7 Å². The van der Waals surface area contributed by atoms with Crippen LogP contribution in [0.4, 0.5) is 5.00 Å². The predicted octanol–water partition coefficient (Wildman–Crippen LogP) is 0.902. The van der Waals surface area contributed by atoms with E-state index >= 15 is 0 Å². The van der Waals surface area contributed by atoms with E-state index in [2.05, 4.69) is 17.7 Å². The highest BCUT2D eigenvalue weighted by atomic mass is 32.1. The molecule has 1 amide bonds. The Labute approximate surface area is 143 Å². The standard InChI is InChI=1S/C17H17N3O3S/c1-20-5-4-10-13(7-20)24-17-14(10)16(21)18-15(19-17)9-2-3-11-12(6-9)23-8-22-11/h2-3,6,15,19H,4-5,7-8H2,1H3,(H,18,21)/p+1/t15-/m0/s1. The van der Waals surface area contributed by atoms with E-state index in [-0.39, 0.29) is 18.9 Å². The van der Waals surface area contributed by atoms with Crippen molar-refractivity contribution in [3.63, 3.8) is 0 Å². The van der Waals surface area contributed by atoms with Gasteiger partial charge in [0.25, 0.3) is 5.91 Å². The second-order valence-electron chi connectivity index (χ2n) is 6.51. The van der Waals surface area contributed by atoms with Gasteiger partial charge in [0.1, 0.15) is 17.7 Å². The Morgan fingerprint density at radius 3 is 3.04 bits per heavy atom. The molecule has 0 spiro atoms. The van der Waals surface area contributed by atoms with E-state index in [1.54, 1.807) is 11.3 Å². The smallest absolute Gasteiger partial charge is 0.256 e. The van der Waals surface area contributed by atoms with Crippen LogP contribution in [0.2, 0.25) is 0 Å². The average Bonchev–Trinajstić information content (AvgIpc) is 3.17. The van der Waals surface area contributed by atoms with Crippen molar-refractivity contribution in [1.82, 2.24) is 5.32 Å². The maximum Gasteiger partial charge on any atom is 0.256 e. The Morgan fingerprint density at radius 1 is 1.25 bits per heavy atom. The fourth-order valence-electron chi connectivity index (χ4n) is 3.59. The van der Waals surface area contributed by atoms with E-state index in [4.69, 9.17) is 9.47 Å². The van der Waals surface area contributed by atoms with Crippen LogP contribution in [0, 0.1) is 0 Å². The Morgan fingerprint density at radius 2 is 2.12 bits per heavy atom. The van der Waals surface area contributed by atoms with E-state index in [1.165, 1.54) is 15.3 Å². The van der Waals surface area contributed by atoms with Gasteiger partial charge in [-0.25, -0.2) is 0 Å². The van der Waals surface area contributed by atoms with Crippen LogP contribution in [-0.4, -0.2) is 26.3 Å². The van der Waals surface area contributed by atoms with E-state index in [0.29, 0.717) is 0 Å². The molecule has 2 aromatic rings. The second kappa shape index (κ2) is 5.12. The number of anilines is 1. The van der Waals surface area contributed by atoms with Crippen molar-refractivity contribution < 1.29 is 19.2 Å². The number of nitrogens with one attached hydrogen (secondary N) is 3. The fourth-order valence-corrected chi connectivity index (χ4v) is 4.98. The van der Waals surface area contributed by atoms with Gasteiger partial charge in [0.15, 0.2) is 11.5 Å². The van der Waals surface area contributed by atoms with Crippen LogP contribution >= 0.6 is 11.3 Å². The van der Waals surface area contributed by atoms with Crippen LogP contribution in [0.5, 0.6) is 11.5 Å². The number of ether oxygens (including phenoxy) is 2. The number of quaternary nitrogens is 1. The molecular formula is C17H18N3O3S+. The molecule has 2 atom stereocenters. The third kappa shape index (κ3) is 2.08. The molecule has 124 valence electrons. The molecule has 3 aliphatic rings. The van der Waals surface area contributed by atoms with Crippen LogP contribution in [0.15, 0.2) is 18.2 Å². The van der Waals surface area contributed by atoms with Crippen molar-refractivity contribution in [3.8, 4) is 11.5 Å². The van der Waals surface area contributed by atoms with Crippen molar-refractivity contribution in [3.05, 3.63) is 39.8 Å². The lowest BCUT2D eigenvalue weighted by Gasteiger charge is -2.27. The number of amides is 1. The molecule has 5 rings (SSSR count). The number of thiophene rings is 1. The Bertz CT molecular complexity index is 848. The van der Waals surface area contributed by atoms with Gasteiger partial charge in [-0.2, -0.15) is 0 Å². The minimum atomic E-state index is -0.246. The number of carbonyl (C=O) groups excluding carboxylic acids is 1. The molecule has 1 aromatic heterocycles. The molecule has 0 radical (unpaired) electrons. The van der Waals surface area contributed by atoms with E-state index in [9.17, 15) is 4.79 Å². The zero-order chi connectivity index (χ0) is 16.3. The van der Waals surface area contributed by atoms with Crippen molar-refractivity contribution in [2.45, 2.75) is 19.1 Å². The summed E-state index contributed by atoms with van der Waals surface area (Å²) in [6.07, 6.45) is 0.723. The molecule has 0 saturated carbocycles. The molecule has 24 heavy (non-hydrogen) atoms. The average molecular weight is 344 g/mol. The van der Waals surface area contributed by atoms with Crippen molar-refractivity contribution in [1.29, 1.82) is 0 Å². The topological polar surface area (TPSA) is 64.0 Å². The fraction of sp³-hybridized carbons (Fsp3) is 0.353. The number of hydrogen-bond acceptors (Lipinski definition) is 5. The second-order valence-corrected chi connectivity index (χ2v) is 7.61. The summed E-state index contributed by atoms with van der Waals surface area (Å²) in [7, 11) is 2.20. The number of benzene rings is 1. The van der Waals surface area contributed by atoms with Crippen molar-refractivity contribution >= 4 is 22.2 Å². The monoisotopic (exact) mass is 344 g/mol. The molecule has 3 N–H and O–H groups in total. The van der Waals surface area contributed by atoms with Gasteiger partial charge >= 0.3 is 0 Å². The summed E-state index contributed by atoms with van der Waals surface area (Å²) >= 11 is 1.72. The SMILES string of the molecule is C[NH+]1CCc2c(sc3c2C(=O)N[C@H](c2ccc4c(c2)OCO4)N3)C1. The van der Waals surface area contributed by atoms with Crippen molar-refractivity contribution in [2.24, 2.45) is 0 Å². The molecular weight excluding hydrogens is 326 g/mol. The molecule has 0 saturated heterocycles. The number of hydrogen-bond donors (Lipinski definition) is 3. The highest BCUT2D eigenvalue weighted by Gasteiger charge is 2.34. The molecule has 1 unspecified atom stereocenters. The molecule has 0 fully saturated rings. The van der Waals surface area contributed by atoms with Gasteiger partial charge in [-0.05, 0) is 23.3 Å². The first kappa shape index (κ1) is 14.1. The van der Waals surface area contributed by atoms with Gasteiger partial charge in [-0.3, -0.25) is 4.79 Å². The van der Waals surface area contributed by atoms with Gasteiger partial charge in [0, 0.05) is 6.42 Å². The summed E-state index contributed by atoms with van der Waals surface area (Å²) in [6.45, 7) is 2.33. The van der Waals surface area contributed by atoms with Gasteiger partial charge in [0.05, 0.1) is 24.0 Å². The van der Waals surface area contributed by atoms with Crippen LogP contribution in [0.3, 0.4) is 0 Å². The highest BCUT2D eigenvalue weighted by Crippen LogP contribution is 2.40. The van der Waals surface area contributed by atoms with Gasteiger partial charge in [-0.1, -0.05) is 6.07 Å². The lowest BCUT2D eigenvalue weighted by molar-refractivity contribution is -0.895. The predicted molar refractivity (Wildman–Crippen MR) is 89.9 cm³/mol. The lowest BCUT2D eigenvalue weighted by atomic mass is 10.0. The minimum absolute atomic E-state index is 0.0171. The van der Waals surface area contributed by atoms with Crippen LogP contribution in [0.25, 0.3) is 0 Å². The summed E-state index contributed by atoms with van der Waals surface area (Å²) in [4.78, 5) is 15.5. The summed E-state index contributed by atoms with van der Waals surface area (Å²) in [5, 5.41) is 7.56. The summed E-state index contributed by atoms with van der Waals surface area (Å²) in [5.41, 5.74) is 3.04. The number of rotatable bonds is 1. The van der Waals surface area contributed by atoms with E-state index in [1.807, 2.05) is 18.2 Å². The van der Waals surface area contributed by atoms with Crippen LogP contribution in [-0.2, 0) is 13.0 Å². The zero-order valence-electron chi connectivity index (χ0n) is 13.3. The maximum atomic E-state index is 12.7. The maximum absolute atomic E-state index is 12.7. The third-order valence-corrected chi connectivity index (χ3v) is 6.03. The molecule has 4 heterocycles. The Kier molecular flexibility index (Phi) is 3.01. The lowest BCUT2D eigenvalue weighted by Crippen LogP contribution is -3.08. The first-order valence-corrected chi connectivity index (χ1v) is 8.93. The minimum Gasteiger partial charge on any atom is -0.454 e. The highest BCUT2D eigenvalue weighted by molar-refractivity contribution is 7.16. The Hall–Kier alpha value is -2.25. The summed E-state index contributed by atoms with van der Waals surface area (Å²) in [5.74, 6) is 1.49. The molecule has 0 bridgehead atoms. The molecule has 7 heteroatoms. The normalized spacial score (nSPS) is 24.0. The number of likely N-dealkylation sites (N-methyl/N-ethyl adjacent to an activating group) is 1. The quantitative estimate of drug-likeness (QED) is 0.719. The first-order chi connectivity index (χ1) is 11.7. The molecule has 3 aliphatic heterocycles.